The molecule has 4 rings (SSSR count). The predicted molar refractivity (Wildman–Crippen MR) is 116 cm³/mol. The van der Waals surface area contributed by atoms with Crippen LogP contribution in [0.4, 0.5) is 0 Å². The zero-order valence-electron chi connectivity index (χ0n) is 17.5. The number of carbonyl (C=O) groups excluding carboxylic acids is 1. The normalized spacial score (nSPS) is 17.7. The van der Waals surface area contributed by atoms with Gasteiger partial charge in [0.1, 0.15) is 0 Å². The molecule has 2 aliphatic rings. The first-order chi connectivity index (χ1) is 14.6. The van der Waals surface area contributed by atoms with Crippen LogP contribution in [0.3, 0.4) is 0 Å². The number of aromatic nitrogens is 2. The average Bonchev–Trinajstić information content (AvgIpc) is 3.09. The van der Waals surface area contributed by atoms with Gasteiger partial charge in [-0.3, -0.25) is 19.8 Å². The first kappa shape index (κ1) is 20.2. The molecule has 2 aliphatic heterocycles. The Bertz CT molecular complexity index is 991. The van der Waals surface area contributed by atoms with Crippen LogP contribution in [0, 0.1) is 6.92 Å². The molecule has 156 valence electrons. The number of aryl methyl sites for hydroxylation is 1. The number of aliphatic imine (C=N–C) groups is 1. The molecule has 30 heavy (non-hydrogen) atoms. The molecule has 1 amide bonds. The van der Waals surface area contributed by atoms with E-state index in [1.165, 1.54) is 6.20 Å². The zero-order valence-corrected chi connectivity index (χ0v) is 17.5. The van der Waals surface area contributed by atoms with Gasteiger partial charge in [-0.1, -0.05) is 6.07 Å². The molecule has 2 aromatic rings. The summed E-state index contributed by atoms with van der Waals surface area (Å²) in [6, 6.07) is 6.22. The number of fused-ring (bicyclic) bond motifs is 1. The first-order valence-corrected chi connectivity index (χ1v) is 10.3. The van der Waals surface area contributed by atoms with E-state index in [0.29, 0.717) is 13.0 Å². The van der Waals surface area contributed by atoms with Gasteiger partial charge in [0.15, 0.2) is 0 Å². The molecule has 2 N–H and O–H groups in total. The van der Waals surface area contributed by atoms with Crippen LogP contribution in [0.25, 0.3) is 5.57 Å². The van der Waals surface area contributed by atoms with Crippen LogP contribution in [0.15, 0.2) is 35.6 Å². The number of nitrogens with zero attached hydrogens (tertiary/aromatic N) is 4. The molecule has 0 spiro atoms. The summed E-state index contributed by atoms with van der Waals surface area (Å²) in [4.78, 5) is 28.3. The third kappa shape index (κ3) is 3.98. The molecule has 1 fully saturated rings. The Kier molecular flexibility index (Phi) is 5.90. The summed E-state index contributed by atoms with van der Waals surface area (Å²) < 4.78 is 5.44. The zero-order chi connectivity index (χ0) is 21.1. The fourth-order valence-electron chi connectivity index (χ4n) is 4.11. The van der Waals surface area contributed by atoms with Crippen LogP contribution in [0.5, 0.6) is 0 Å². The Hall–Kier alpha value is -3.06. The lowest BCUT2D eigenvalue weighted by molar-refractivity contribution is 0.0302. The third-order valence-electron chi connectivity index (χ3n) is 5.80. The molecule has 0 bridgehead atoms. The average molecular weight is 406 g/mol. The molecule has 0 aromatic carbocycles. The molecule has 2 aromatic heterocycles. The fraction of sp³-hybridized carbons (Fsp3) is 0.391. The van der Waals surface area contributed by atoms with E-state index in [0.717, 1.165) is 65.4 Å². The summed E-state index contributed by atoms with van der Waals surface area (Å²) in [6.45, 7) is 4.04. The number of nitrogens with two attached hydrogens (primary N) is 1. The second kappa shape index (κ2) is 8.75. The molecular weight excluding hydrogens is 378 g/mol. The maximum absolute atomic E-state index is 13.0. The lowest BCUT2D eigenvalue weighted by Crippen LogP contribution is -2.39. The lowest BCUT2D eigenvalue weighted by Gasteiger charge is -2.30. The number of carbonyl (C=O) groups is 1. The van der Waals surface area contributed by atoms with Crippen molar-refractivity contribution < 1.29 is 9.53 Å². The van der Waals surface area contributed by atoms with Gasteiger partial charge in [-0.15, -0.1) is 0 Å². The van der Waals surface area contributed by atoms with Crippen LogP contribution in [-0.2, 0) is 17.7 Å². The van der Waals surface area contributed by atoms with Crippen molar-refractivity contribution in [1.82, 2.24) is 14.9 Å². The van der Waals surface area contributed by atoms with Crippen molar-refractivity contribution in [2.45, 2.75) is 38.8 Å². The number of amides is 1. The van der Waals surface area contributed by atoms with Gasteiger partial charge in [0.2, 0.25) is 0 Å². The van der Waals surface area contributed by atoms with Crippen molar-refractivity contribution in [2.75, 3.05) is 20.3 Å². The van der Waals surface area contributed by atoms with Gasteiger partial charge in [0, 0.05) is 62.6 Å². The highest BCUT2D eigenvalue weighted by Crippen LogP contribution is 2.29. The van der Waals surface area contributed by atoms with Gasteiger partial charge >= 0.3 is 0 Å². The topological polar surface area (TPSA) is 93.7 Å². The van der Waals surface area contributed by atoms with Crippen LogP contribution >= 0.6 is 0 Å². The summed E-state index contributed by atoms with van der Waals surface area (Å²) in [5.41, 5.74) is 11.9. The minimum absolute atomic E-state index is 0.0932. The van der Waals surface area contributed by atoms with Crippen molar-refractivity contribution in [3.63, 3.8) is 0 Å². The highest BCUT2D eigenvalue weighted by molar-refractivity contribution is 6.08. The number of allylic oxidation sites excluding steroid dienone is 1. The molecule has 0 aliphatic carbocycles. The highest BCUT2D eigenvalue weighted by Gasteiger charge is 2.35. The van der Waals surface area contributed by atoms with Crippen LogP contribution < -0.4 is 5.73 Å². The smallest absolute Gasteiger partial charge is 0.256 e. The Morgan fingerprint density at radius 1 is 1.37 bits per heavy atom. The van der Waals surface area contributed by atoms with E-state index in [1.807, 2.05) is 36.2 Å². The van der Waals surface area contributed by atoms with Gasteiger partial charge in [0.05, 0.1) is 23.5 Å². The van der Waals surface area contributed by atoms with E-state index in [9.17, 15) is 4.79 Å². The quantitative estimate of drug-likeness (QED) is 0.772. The van der Waals surface area contributed by atoms with E-state index < -0.39 is 0 Å². The molecule has 7 heteroatoms. The van der Waals surface area contributed by atoms with E-state index in [2.05, 4.69) is 9.98 Å². The van der Waals surface area contributed by atoms with E-state index in [1.54, 1.807) is 13.3 Å². The van der Waals surface area contributed by atoms with Crippen molar-refractivity contribution in [1.29, 1.82) is 0 Å². The molecule has 0 radical (unpaired) electrons. The maximum Gasteiger partial charge on any atom is 0.256 e. The van der Waals surface area contributed by atoms with Crippen molar-refractivity contribution in [3.8, 4) is 0 Å². The summed E-state index contributed by atoms with van der Waals surface area (Å²) in [5.74, 6) is 0.0932. The number of ether oxygens (including phenoxy) is 1. The Labute approximate surface area is 176 Å². The minimum atomic E-state index is 0.0932. The second-order valence-electron chi connectivity index (χ2n) is 7.74. The van der Waals surface area contributed by atoms with Crippen LogP contribution in [-0.4, -0.2) is 53.3 Å². The van der Waals surface area contributed by atoms with Crippen LogP contribution in [0.2, 0.25) is 0 Å². The molecule has 0 atom stereocenters. The monoisotopic (exact) mass is 405 g/mol. The molecular formula is C23H27N5O2. The number of hydrogen-bond donors (Lipinski definition) is 1. The van der Waals surface area contributed by atoms with Crippen LogP contribution in [0.1, 0.15) is 51.4 Å². The molecule has 4 heterocycles. The largest absolute Gasteiger partial charge is 0.404 e. The van der Waals surface area contributed by atoms with Gasteiger partial charge in [0.25, 0.3) is 5.91 Å². The molecule has 0 saturated carbocycles. The summed E-state index contributed by atoms with van der Waals surface area (Å²) >= 11 is 0. The minimum Gasteiger partial charge on any atom is -0.404 e. The van der Waals surface area contributed by atoms with Gasteiger partial charge in [-0.2, -0.15) is 0 Å². The van der Waals surface area contributed by atoms with E-state index in [-0.39, 0.29) is 11.9 Å². The number of pyridine rings is 2. The van der Waals surface area contributed by atoms with Gasteiger partial charge < -0.3 is 15.4 Å². The summed E-state index contributed by atoms with van der Waals surface area (Å²) in [5, 5.41) is 0. The van der Waals surface area contributed by atoms with Gasteiger partial charge in [-0.25, -0.2) is 0 Å². The van der Waals surface area contributed by atoms with E-state index >= 15 is 0 Å². The highest BCUT2D eigenvalue weighted by atomic mass is 16.5. The Morgan fingerprint density at radius 3 is 2.83 bits per heavy atom. The Morgan fingerprint density at radius 2 is 2.17 bits per heavy atom. The van der Waals surface area contributed by atoms with Gasteiger partial charge in [-0.05, 0) is 43.0 Å². The fourth-order valence-corrected chi connectivity index (χ4v) is 4.11. The number of hydrogen-bond acceptors (Lipinski definition) is 6. The third-order valence-corrected chi connectivity index (χ3v) is 5.80. The van der Waals surface area contributed by atoms with Crippen molar-refractivity contribution in [3.05, 3.63) is 64.4 Å². The number of rotatable bonds is 5. The van der Waals surface area contributed by atoms with Crippen molar-refractivity contribution >= 4 is 17.7 Å². The second-order valence-corrected chi connectivity index (χ2v) is 7.74. The Balaban J connectivity index is 1.53. The molecule has 7 nitrogen and oxygen atoms in total. The molecule has 0 unspecified atom stereocenters. The predicted octanol–water partition coefficient (Wildman–Crippen LogP) is 2.51. The van der Waals surface area contributed by atoms with E-state index in [4.69, 9.17) is 15.5 Å². The summed E-state index contributed by atoms with van der Waals surface area (Å²) in [7, 11) is 1.70. The SMILES string of the molecule is CN=CC(=CN)c1ccc(Cc2cc3c(nc2C)CN(C2CCOCC2)C3=O)cn1. The lowest BCUT2D eigenvalue weighted by atomic mass is 10.0. The maximum atomic E-state index is 13.0. The standard InChI is InChI=1S/C23H27N5O2/c1-15-17(9-16-3-4-21(26-12-16)18(11-24)13-25-2)10-20-22(27-15)14-28(23(20)29)19-5-7-30-8-6-19/h3-4,10-13,19H,5-9,14,24H2,1-2H3. The first-order valence-electron chi connectivity index (χ1n) is 10.3. The van der Waals surface area contributed by atoms with Crippen molar-refractivity contribution in [2.24, 2.45) is 10.7 Å². The summed E-state index contributed by atoms with van der Waals surface area (Å²) in [6.07, 6.45) is 7.49. The molecule has 1 saturated heterocycles.